The van der Waals surface area contributed by atoms with Gasteiger partial charge in [0.15, 0.2) is 0 Å². The molecule has 3 rings (SSSR count). The molecule has 1 aromatic carbocycles. The lowest BCUT2D eigenvalue weighted by Crippen LogP contribution is -2.61. The molecule has 2 heterocycles. The van der Waals surface area contributed by atoms with Crippen LogP contribution in [0.15, 0.2) is 24.3 Å². The van der Waals surface area contributed by atoms with Crippen molar-refractivity contribution in [1.82, 2.24) is 31.5 Å². The number of rotatable bonds is 17. The fraction of sp³-hybridized carbons (Fsp3) is 0.586. The van der Waals surface area contributed by atoms with Gasteiger partial charge in [0.1, 0.15) is 36.2 Å². The Morgan fingerprint density at radius 2 is 1.69 bits per heavy atom. The predicted molar refractivity (Wildman–Crippen MR) is 168 cm³/mol. The number of phenolic OH excluding ortho intramolecular Hbond substituents is 1. The molecule has 0 aliphatic carbocycles. The van der Waals surface area contributed by atoms with Crippen LogP contribution in [0, 0.1) is 0 Å². The van der Waals surface area contributed by atoms with Crippen molar-refractivity contribution in [1.29, 1.82) is 0 Å². The number of hydrogen-bond donors (Lipinski definition) is 10. The van der Waals surface area contributed by atoms with Crippen LogP contribution >= 0.6 is 7.82 Å². The summed E-state index contributed by atoms with van der Waals surface area (Å²) in [4.78, 5) is 96.8. The second kappa shape index (κ2) is 18.1. The van der Waals surface area contributed by atoms with Crippen molar-refractivity contribution < 1.29 is 63.0 Å². The fourth-order valence-corrected chi connectivity index (χ4v) is 5.79. The van der Waals surface area contributed by atoms with E-state index < -0.39 is 92.9 Å². The minimum Gasteiger partial charge on any atom is -0.508 e. The third kappa shape index (κ3) is 11.8. The number of phosphoric acid groups is 1. The summed E-state index contributed by atoms with van der Waals surface area (Å²) < 4.78 is 16.0. The molecule has 49 heavy (non-hydrogen) atoms. The third-order valence-electron chi connectivity index (χ3n) is 8.00. The van der Waals surface area contributed by atoms with Crippen LogP contribution in [0.3, 0.4) is 0 Å². The Hall–Kier alpha value is -3.97. The van der Waals surface area contributed by atoms with E-state index in [2.05, 4.69) is 31.1 Å². The highest BCUT2D eigenvalue weighted by Gasteiger charge is 2.41. The molecule has 0 unspecified atom stereocenters. The highest BCUT2D eigenvalue weighted by atomic mass is 31.2. The summed E-state index contributed by atoms with van der Waals surface area (Å²) >= 11 is 0. The second-order valence-electron chi connectivity index (χ2n) is 11.8. The number of phosphoric ester groups is 1. The largest absolute Gasteiger partial charge is 0.508 e. The highest BCUT2D eigenvalue weighted by molar-refractivity contribution is 7.46. The zero-order valence-corrected chi connectivity index (χ0v) is 27.6. The summed E-state index contributed by atoms with van der Waals surface area (Å²) in [6.07, 6.45) is 0.631. The van der Waals surface area contributed by atoms with E-state index in [1.165, 1.54) is 19.1 Å². The smallest absolute Gasteiger partial charge is 0.469 e. The van der Waals surface area contributed by atoms with Gasteiger partial charge in [-0.1, -0.05) is 12.1 Å². The Bertz CT molecular complexity index is 1380. The molecule has 0 aromatic heterocycles. The van der Waals surface area contributed by atoms with Gasteiger partial charge < -0.3 is 61.4 Å². The van der Waals surface area contributed by atoms with E-state index in [-0.39, 0.29) is 31.6 Å². The predicted octanol–water partition coefficient (Wildman–Crippen LogP) is -3.70. The molecule has 0 radical (unpaired) electrons. The van der Waals surface area contributed by atoms with Crippen molar-refractivity contribution in [2.45, 2.75) is 81.4 Å². The molecule has 0 bridgehead atoms. The first-order valence-corrected chi connectivity index (χ1v) is 17.1. The summed E-state index contributed by atoms with van der Waals surface area (Å²) in [5, 5.41) is 41.9. The standard InChI is InChI=1S/C29H43N6O13P/c1-16(38)24(34-25(40)20-4-2-10-30-20)28(43)33-22(15-48-49(45,46)47)29(44)35-11-3-5-23(35)27(42)32-21(14-37)26(41)31-18(13-36)12-17-6-8-19(39)9-7-17/h6-9,13,16,18,20-24,30,37-39H,2-5,10-12,14-15H2,1H3,(H,31,41)(H,32,42)(H,33,43)(H,34,40)(H2,45,46,47)/t16-,18+,20+,21+,22+,23+,24+/m1/s1. The molecule has 0 spiro atoms. The molecular formula is C29H43N6O13P. The Morgan fingerprint density at radius 3 is 2.27 bits per heavy atom. The molecule has 5 amide bonds. The summed E-state index contributed by atoms with van der Waals surface area (Å²) in [6, 6.07) is -1.90. The van der Waals surface area contributed by atoms with Crippen molar-refractivity contribution in [3.05, 3.63) is 29.8 Å². The molecule has 0 saturated carbocycles. The van der Waals surface area contributed by atoms with Crippen LogP contribution in [0.1, 0.15) is 38.2 Å². The van der Waals surface area contributed by atoms with Crippen LogP contribution in [-0.2, 0) is 44.3 Å². The summed E-state index contributed by atoms with van der Waals surface area (Å²) in [5.41, 5.74) is 0.609. The lowest BCUT2D eigenvalue weighted by atomic mass is 10.1. The average Bonchev–Trinajstić information content (AvgIpc) is 3.77. The maximum Gasteiger partial charge on any atom is 0.469 e. The lowest BCUT2D eigenvalue weighted by molar-refractivity contribution is -0.143. The number of phenols is 1. The van der Waals surface area contributed by atoms with Crippen molar-refractivity contribution in [3.8, 4) is 5.75 Å². The molecule has 2 aliphatic rings. The first kappa shape index (κ1) is 39.5. The minimum absolute atomic E-state index is 0.00530. The minimum atomic E-state index is -5.16. The first-order chi connectivity index (χ1) is 23.1. The van der Waals surface area contributed by atoms with Gasteiger partial charge in [0.2, 0.25) is 29.5 Å². The Labute approximate surface area is 281 Å². The topological polar surface area (TPSA) is 293 Å². The van der Waals surface area contributed by atoms with Crippen LogP contribution in [0.25, 0.3) is 0 Å². The first-order valence-electron chi connectivity index (χ1n) is 15.6. The van der Waals surface area contributed by atoms with Gasteiger partial charge in [0.05, 0.1) is 31.4 Å². The van der Waals surface area contributed by atoms with E-state index in [1.807, 2.05) is 0 Å². The maximum absolute atomic E-state index is 13.7. The molecule has 19 nitrogen and oxygen atoms in total. The van der Waals surface area contributed by atoms with Gasteiger partial charge in [0.25, 0.3) is 0 Å². The quantitative estimate of drug-likeness (QED) is 0.0549. The molecule has 2 aliphatic heterocycles. The number of nitrogens with zero attached hydrogens (tertiary/aromatic N) is 1. The summed E-state index contributed by atoms with van der Waals surface area (Å²) in [7, 11) is -5.16. The molecule has 7 atom stereocenters. The fourth-order valence-electron chi connectivity index (χ4n) is 5.44. The van der Waals surface area contributed by atoms with Gasteiger partial charge in [-0.05, 0) is 63.3 Å². The van der Waals surface area contributed by atoms with Crippen LogP contribution < -0.4 is 26.6 Å². The summed E-state index contributed by atoms with van der Waals surface area (Å²) in [6.45, 7) is -0.164. The molecule has 2 fully saturated rings. The number of nitrogens with one attached hydrogen (secondary N) is 5. The SMILES string of the molecule is C[C@@H](O)[C@H](NC(=O)[C@@H]1CCCN1)C(=O)N[C@@H](COP(=O)(O)O)C(=O)N1CCC[C@H]1C(=O)N[C@@H](CO)C(=O)N[C@H](C=O)Cc1ccc(O)cc1. The Balaban J connectivity index is 1.70. The van der Waals surface area contributed by atoms with Crippen LogP contribution in [-0.4, -0.2) is 134 Å². The Morgan fingerprint density at radius 1 is 1.00 bits per heavy atom. The monoisotopic (exact) mass is 714 g/mol. The van der Waals surface area contributed by atoms with E-state index in [4.69, 9.17) is 0 Å². The normalized spacial score (nSPS) is 20.7. The number of aliphatic hydroxyl groups excluding tert-OH is 2. The highest BCUT2D eigenvalue weighted by Crippen LogP contribution is 2.36. The lowest BCUT2D eigenvalue weighted by Gasteiger charge is -2.31. The molecule has 2 saturated heterocycles. The molecule has 1 aromatic rings. The van der Waals surface area contributed by atoms with Crippen molar-refractivity contribution in [3.63, 3.8) is 0 Å². The number of carbonyl (C=O) groups excluding carboxylic acids is 6. The number of benzene rings is 1. The Kier molecular flexibility index (Phi) is 14.6. The van der Waals surface area contributed by atoms with E-state index in [1.54, 1.807) is 12.1 Å². The average molecular weight is 715 g/mol. The van der Waals surface area contributed by atoms with E-state index in [9.17, 15) is 58.4 Å². The van der Waals surface area contributed by atoms with Crippen LogP contribution in [0.4, 0.5) is 0 Å². The van der Waals surface area contributed by atoms with Crippen molar-refractivity contribution in [2.24, 2.45) is 0 Å². The third-order valence-corrected chi connectivity index (χ3v) is 8.49. The molecular weight excluding hydrogens is 671 g/mol. The van der Waals surface area contributed by atoms with E-state index >= 15 is 0 Å². The second-order valence-corrected chi connectivity index (χ2v) is 13.0. The number of hydrogen-bond acceptors (Lipinski definition) is 12. The van der Waals surface area contributed by atoms with Crippen LogP contribution in [0.5, 0.6) is 5.75 Å². The number of amides is 5. The van der Waals surface area contributed by atoms with Crippen molar-refractivity contribution >= 4 is 43.6 Å². The van der Waals surface area contributed by atoms with Gasteiger partial charge in [-0.15, -0.1) is 0 Å². The number of likely N-dealkylation sites (tertiary alicyclic amines) is 1. The van der Waals surface area contributed by atoms with Crippen molar-refractivity contribution in [2.75, 3.05) is 26.3 Å². The van der Waals surface area contributed by atoms with Crippen LogP contribution in [0.2, 0.25) is 0 Å². The summed E-state index contributed by atoms with van der Waals surface area (Å²) in [5.74, 6) is -4.41. The number of aromatic hydroxyl groups is 1. The van der Waals surface area contributed by atoms with Gasteiger partial charge in [-0.25, -0.2) is 4.57 Å². The molecule has 272 valence electrons. The van der Waals surface area contributed by atoms with E-state index in [0.29, 0.717) is 31.2 Å². The van der Waals surface area contributed by atoms with Gasteiger partial charge in [0, 0.05) is 6.54 Å². The zero-order valence-electron chi connectivity index (χ0n) is 26.7. The number of aliphatic hydroxyl groups is 2. The number of carbonyl (C=O) groups is 6. The van der Waals surface area contributed by atoms with Gasteiger partial charge in [-0.2, -0.15) is 0 Å². The van der Waals surface area contributed by atoms with Gasteiger partial charge in [-0.3, -0.25) is 28.5 Å². The number of aldehydes is 1. The molecule has 10 N–H and O–H groups in total. The molecule has 20 heteroatoms. The van der Waals surface area contributed by atoms with E-state index in [0.717, 1.165) is 4.90 Å². The van der Waals surface area contributed by atoms with Gasteiger partial charge >= 0.3 is 7.82 Å². The maximum atomic E-state index is 13.7. The zero-order chi connectivity index (χ0) is 36.3.